The van der Waals surface area contributed by atoms with Crippen LogP contribution in [-0.2, 0) is 9.53 Å². The molecule has 0 heterocycles. The largest absolute Gasteiger partial charge is 0.465 e. The number of ether oxygens (including phenoxy) is 1. The molecule has 0 radical (unpaired) electrons. The van der Waals surface area contributed by atoms with E-state index in [1.807, 2.05) is 0 Å². The molecule has 0 spiro atoms. The Hall–Kier alpha value is -1.22. The molecule has 1 rings (SSSR count). The fraction of sp³-hybridized carbons (Fsp3) is 0.917. The zero-order valence-electron chi connectivity index (χ0n) is 10.5. The van der Waals surface area contributed by atoms with Crippen LogP contribution in [0, 0.1) is 11.8 Å². The van der Waals surface area contributed by atoms with Gasteiger partial charge in [0.25, 0.3) is 0 Å². The van der Waals surface area contributed by atoms with Crippen LogP contribution < -0.4 is 0 Å². The third-order valence-corrected chi connectivity index (χ3v) is 3.33. The Morgan fingerprint density at radius 1 is 1.41 bits per heavy atom. The average molecular weight is 239 g/mol. The second-order valence-corrected chi connectivity index (χ2v) is 4.65. The molecule has 0 saturated heterocycles. The lowest BCUT2D eigenvalue weighted by Gasteiger charge is -2.26. The van der Waals surface area contributed by atoms with Crippen LogP contribution >= 0.6 is 0 Å². The summed E-state index contributed by atoms with van der Waals surface area (Å²) in [6.07, 6.45) is 5.66. The average Bonchev–Trinajstić information content (AvgIpc) is 2.37. The molecule has 0 amide bonds. The van der Waals surface area contributed by atoms with Gasteiger partial charge in [0.1, 0.15) is 0 Å². The van der Waals surface area contributed by atoms with E-state index in [4.69, 9.17) is 10.3 Å². The molecule has 1 aliphatic carbocycles. The first-order valence-electron chi connectivity index (χ1n) is 6.45. The Balaban J connectivity index is 2.21. The SMILES string of the molecule is CCCCOC(=O)C1CCC(CN=[N+]=[N-])CC1. The molecule has 5 nitrogen and oxygen atoms in total. The van der Waals surface area contributed by atoms with E-state index < -0.39 is 0 Å². The maximum Gasteiger partial charge on any atom is 0.308 e. The van der Waals surface area contributed by atoms with Crippen LogP contribution in [0.4, 0.5) is 0 Å². The highest BCUT2D eigenvalue weighted by Crippen LogP contribution is 2.29. The van der Waals surface area contributed by atoms with E-state index in [-0.39, 0.29) is 11.9 Å². The second kappa shape index (κ2) is 7.96. The van der Waals surface area contributed by atoms with Crippen molar-refractivity contribution in [2.24, 2.45) is 17.0 Å². The maximum absolute atomic E-state index is 11.7. The van der Waals surface area contributed by atoms with E-state index in [1.54, 1.807) is 0 Å². The number of esters is 1. The highest BCUT2D eigenvalue weighted by atomic mass is 16.5. The number of unbranched alkanes of at least 4 members (excludes halogenated alkanes) is 1. The lowest BCUT2D eigenvalue weighted by molar-refractivity contribution is -0.150. The van der Waals surface area contributed by atoms with Gasteiger partial charge in [0, 0.05) is 11.5 Å². The minimum Gasteiger partial charge on any atom is -0.465 e. The lowest BCUT2D eigenvalue weighted by Crippen LogP contribution is -2.25. The fourth-order valence-electron chi connectivity index (χ4n) is 2.17. The van der Waals surface area contributed by atoms with E-state index in [1.165, 1.54) is 0 Å². The van der Waals surface area contributed by atoms with Crippen molar-refractivity contribution in [3.63, 3.8) is 0 Å². The Morgan fingerprint density at radius 2 is 2.12 bits per heavy atom. The van der Waals surface area contributed by atoms with Gasteiger partial charge in [-0.25, -0.2) is 0 Å². The molecule has 17 heavy (non-hydrogen) atoms. The number of hydrogen-bond donors (Lipinski definition) is 0. The first-order chi connectivity index (χ1) is 8.27. The van der Waals surface area contributed by atoms with E-state index in [2.05, 4.69) is 16.9 Å². The van der Waals surface area contributed by atoms with Gasteiger partial charge < -0.3 is 4.74 Å². The molecule has 0 atom stereocenters. The van der Waals surface area contributed by atoms with Gasteiger partial charge in [-0.15, -0.1) is 0 Å². The van der Waals surface area contributed by atoms with Crippen LogP contribution in [0.5, 0.6) is 0 Å². The summed E-state index contributed by atoms with van der Waals surface area (Å²) >= 11 is 0. The lowest BCUT2D eigenvalue weighted by atomic mass is 9.82. The molecule has 0 aromatic carbocycles. The second-order valence-electron chi connectivity index (χ2n) is 4.65. The summed E-state index contributed by atoms with van der Waals surface area (Å²) in [4.78, 5) is 14.5. The molecular formula is C12H21N3O2. The Kier molecular flexibility index (Phi) is 6.48. The van der Waals surface area contributed by atoms with Gasteiger partial charge in [-0.1, -0.05) is 18.5 Å². The molecule has 5 heteroatoms. The van der Waals surface area contributed by atoms with Gasteiger partial charge in [0.05, 0.1) is 12.5 Å². The van der Waals surface area contributed by atoms with Crippen LogP contribution in [0.15, 0.2) is 5.11 Å². The van der Waals surface area contributed by atoms with Gasteiger partial charge >= 0.3 is 5.97 Å². The summed E-state index contributed by atoms with van der Waals surface area (Å²) in [5.74, 6) is 0.473. The standard InChI is InChI=1S/C12H21N3O2/c1-2-3-8-17-12(16)11-6-4-10(5-7-11)9-14-15-13/h10-11H,2-9H2,1H3. The quantitative estimate of drug-likeness (QED) is 0.234. The van der Waals surface area contributed by atoms with E-state index in [0.717, 1.165) is 38.5 Å². The maximum atomic E-state index is 11.7. The van der Waals surface area contributed by atoms with E-state index in [0.29, 0.717) is 19.1 Å². The van der Waals surface area contributed by atoms with Crippen molar-refractivity contribution in [2.45, 2.75) is 45.4 Å². The van der Waals surface area contributed by atoms with Crippen molar-refractivity contribution < 1.29 is 9.53 Å². The number of hydrogen-bond acceptors (Lipinski definition) is 3. The monoisotopic (exact) mass is 239 g/mol. The Labute approximate surface area is 102 Å². The fourth-order valence-corrected chi connectivity index (χ4v) is 2.17. The predicted octanol–water partition coefficient (Wildman–Crippen LogP) is 3.45. The van der Waals surface area contributed by atoms with Crippen molar-refractivity contribution >= 4 is 5.97 Å². The number of azide groups is 1. The normalized spacial score (nSPS) is 23.8. The third-order valence-electron chi connectivity index (χ3n) is 3.33. The van der Waals surface area contributed by atoms with Crippen LogP contribution in [0.2, 0.25) is 0 Å². The summed E-state index contributed by atoms with van der Waals surface area (Å²) in [6, 6.07) is 0. The minimum absolute atomic E-state index is 0.0410. The van der Waals surface area contributed by atoms with E-state index in [9.17, 15) is 4.79 Å². The van der Waals surface area contributed by atoms with Crippen LogP contribution in [0.25, 0.3) is 10.4 Å². The molecule has 0 aromatic heterocycles. The van der Waals surface area contributed by atoms with E-state index >= 15 is 0 Å². The molecule has 1 aliphatic rings. The zero-order chi connectivity index (χ0) is 12.5. The topological polar surface area (TPSA) is 75.1 Å². The van der Waals surface area contributed by atoms with Gasteiger partial charge in [-0.2, -0.15) is 0 Å². The smallest absolute Gasteiger partial charge is 0.308 e. The summed E-state index contributed by atoms with van der Waals surface area (Å²) < 4.78 is 5.22. The zero-order valence-corrected chi connectivity index (χ0v) is 10.5. The Bertz CT molecular complexity index is 279. The highest BCUT2D eigenvalue weighted by molar-refractivity contribution is 5.72. The van der Waals surface area contributed by atoms with Crippen LogP contribution in [0.1, 0.15) is 45.4 Å². The van der Waals surface area contributed by atoms with Crippen molar-refractivity contribution in [2.75, 3.05) is 13.2 Å². The molecule has 0 aliphatic heterocycles. The predicted molar refractivity (Wildman–Crippen MR) is 65.3 cm³/mol. The molecular weight excluding hydrogens is 218 g/mol. The number of carbonyl (C=O) groups is 1. The molecule has 0 aromatic rings. The summed E-state index contributed by atoms with van der Waals surface area (Å²) in [6.45, 7) is 3.19. The number of carbonyl (C=O) groups excluding carboxylic acids is 1. The van der Waals surface area contributed by atoms with Crippen molar-refractivity contribution in [3.05, 3.63) is 10.4 Å². The van der Waals surface area contributed by atoms with Crippen LogP contribution in [0.3, 0.4) is 0 Å². The molecule has 0 N–H and O–H groups in total. The van der Waals surface area contributed by atoms with Crippen molar-refractivity contribution in [3.8, 4) is 0 Å². The number of nitrogens with zero attached hydrogens (tertiary/aromatic N) is 3. The van der Waals surface area contributed by atoms with Crippen molar-refractivity contribution in [1.29, 1.82) is 0 Å². The summed E-state index contributed by atoms with van der Waals surface area (Å²) in [5, 5.41) is 3.59. The Morgan fingerprint density at radius 3 is 2.71 bits per heavy atom. The van der Waals surface area contributed by atoms with Gasteiger partial charge in [-0.3, -0.25) is 4.79 Å². The van der Waals surface area contributed by atoms with Gasteiger partial charge in [0.2, 0.25) is 0 Å². The summed E-state index contributed by atoms with van der Waals surface area (Å²) in [7, 11) is 0. The first-order valence-corrected chi connectivity index (χ1v) is 6.45. The first kappa shape index (κ1) is 13.8. The van der Waals surface area contributed by atoms with Gasteiger partial charge in [-0.05, 0) is 43.6 Å². The minimum atomic E-state index is -0.0410. The molecule has 0 unspecified atom stereocenters. The third kappa shape index (κ3) is 5.09. The molecule has 96 valence electrons. The van der Waals surface area contributed by atoms with Gasteiger partial charge in [0.15, 0.2) is 0 Å². The highest BCUT2D eigenvalue weighted by Gasteiger charge is 2.26. The molecule has 0 bridgehead atoms. The molecule has 1 saturated carbocycles. The summed E-state index contributed by atoms with van der Waals surface area (Å²) in [5.41, 5.74) is 8.24. The number of rotatable bonds is 6. The molecule has 1 fully saturated rings. The van der Waals surface area contributed by atoms with Crippen molar-refractivity contribution in [1.82, 2.24) is 0 Å². The van der Waals surface area contributed by atoms with Crippen LogP contribution in [-0.4, -0.2) is 19.1 Å².